The van der Waals surface area contributed by atoms with Gasteiger partial charge in [0, 0.05) is 18.5 Å². The zero-order valence-electron chi connectivity index (χ0n) is 10.7. The van der Waals surface area contributed by atoms with E-state index in [4.69, 9.17) is 11.6 Å². The van der Waals surface area contributed by atoms with E-state index in [9.17, 15) is 0 Å². The lowest BCUT2D eigenvalue weighted by Gasteiger charge is -2.40. The smallest absolute Gasteiger partial charge is 0.185 e. The maximum absolute atomic E-state index is 5.80. The first kappa shape index (κ1) is 13.2. The summed E-state index contributed by atoms with van der Waals surface area (Å²) in [4.78, 5) is 6.99. The molecule has 1 saturated heterocycles. The molecule has 0 atom stereocenters. The first-order valence-electron chi connectivity index (χ1n) is 6.48. The highest BCUT2D eigenvalue weighted by Gasteiger charge is 2.31. The highest BCUT2D eigenvalue weighted by Crippen LogP contribution is 2.39. The Balaban J connectivity index is 1.99. The summed E-state index contributed by atoms with van der Waals surface area (Å²) in [6.45, 7) is 6.95. The second-order valence-corrected chi connectivity index (χ2v) is 6.05. The molecule has 1 aromatic heterocycles. The van der Waals surface area contributed by atoms with E-state index in [1.54, 1.807) is 11.3 Å². The van der Waals surface area contributed by atoms with Crippen molar-refractivity contribution >= 4 is 28.1 Å². The summed E-state index contributed by atoms with van der Waals surface area (Å²) in [7, 11) is 0. The van der Waals surface area contributed by atoms with E-state index >= 15 is 0 Å². The van der Waals surface area contributed by atoms with Crippen LogP contribution in [0.5, 0.6) is 0 Å². The van der Waals surface area contributed by atoms with Gasteiger partial charge < -0.3 is 4.90 Å². The summed E-state index contributed by atoms with van der Waals surface area (Å²) in [6.07, 6.45) is 5.22. The van der Waals surface area contributed by atoms with Crippen molar-refractivity contribution in [2.24, 2.45) is 5.41 Å². The van der Waals surface area contributed by atoms with Crippen LogP contribution in [0.4, 0.5) is 5.13 Å². The quantitative estimate of drug-likeness (QED) is 0.760. The van der Waals surface area contributed by atoms with Crippen molar-refractivity contribution in [3.8, 4) is 0 Å². The molecule has 2 nitrogen and oxygen atoms in total. The highest BCUT2D eigenvalue weighted by molar-refractivity contribution is 7.13. The van der Waals surface area contributed by atoms with Gasteiger partial charge in [0.05, 0.1) is 11.6 Å². The summed E-state index contributed by atoms with van der Waals surface area (Å²) in [6, 6.07) is 0. The lowest BCUT2D eigenvalue weighted by Crippen LogP contribution is -2.39. The largest absolute Gasteiger partial charge is 0.348 e. The maximum atomic E-state index is 5.80. The molecule has 2 heterocycles. The Hall–Kier alpha value is -0.280. The van der Waals surface area contributed by atoms with Crippen molar-refractivity contribution in [2.45, 2.75) is 45.4 Å². The number of hydrogen-bond acceptors (Lipinski definition) is 3. The van der Waals surface area contributed by atoms with Gasteiger partial charge in [0.2, 0.25) is 0 Å². The van der Waals surface area contributed by atoms with Crippen LogP contribution in [-0.4, -0.2) is 18.1 Å². The van der Waals surface area contributed by atoms with E-state index in [1.807, 2.05) is 0 Å². The average molecular weight is 273 g/mol. The van der Waals surface area contributed by atoms with Gasteiger partial charge in [-0.25, -0.2) is 4.98 Å². The van der Waals surface area contributed by atoms with E-state index in [-0.39, 0.29) is 0 Å². The third-order valence-electron chi connectivity index (χ3n) is 4.27. The van der Waals surface area contributed by atoms with Crippen LogP contribution in [0.3, 0.4) is 0 Å². The van der Waals surface area contributed by atoms with Crippen molar-refractivity contribution in [2.75, 3.05) is 18.0 Å². The molecule has 96 valence electrons. The summed E-state index contributed by atoms with van der Waals surface area (Å²) in [5.74, 6) is 0.526. The molecule has 0 spiro atoms. The fraction of sp³-hybridized carbons (Fsp3) is 0.769. The Morgan fingerprint density at radius 3 is 2.47 bits per heavy atom. The number of alkyl halides is 1. The molecule has 0 aliphatic carbocycles. The first-order valence-corrected chi connectivity index (χ1v) is 7.90. The van der Waals surface area contributed by atoms with E-state index < -0.39 is 0 Å². The minimum Gasteiger partial charge on any atom is -0.348 e. The molecule has 0 amide bonds. The van der Waals surface area contributed by atoms with Crippen LogP contribution in [0.15, 0.2) is 5.38 Å². The van der Waals surface area contributed by atoms with Crippen LogP contribution < -0.4 is 4.90 Å². The van der Waals surface area contributed by atoms with Crippen LogP contribution in [0, 0.1) is 5.41 Å². The SMILES string of the molecule is CCC1(CC)CCN(c2nc(CCl)cs2)CC1. The fourth-order valence-electron chi connectivity index (χ4n) is 2.63. The van der Waals surface area contributed by atoms with Crippen molar-refractivity contribution < 1.29 is 0 Å². The number of nitrogens with zero attached hydrogens (tertiary/aromatic N) is 2. The van der Waals surface area contributed by atoms with Gasteiger partial charge in [-0.1, -0.05) is 26.7 Å². The Kier molecular flexibility index (Phi) is 4.31. The van der Waals surface area contributed by atoms with Gasteiger partial charge in [0.15, 0.2) is 5.13 Å². The molecule has 4 heteroatoms. The fourth-order valence-corrected chi connectivity index (χ4v) is 3.74. The maximum Gasteiger partial charge on any atom is 0.185 e. The number of anilines is 1. The van der Waals surface area contributed by atoms with Crippen molar-refractivity contribution in [1.29, 1.82) is 0 Å². The number of halogens is 1. The zero-order valence-corrected chi connectivity index (χ0v) is 12.3. The van der Waals surface area contributed by atoms with Crippen molar-refractivity contribution in [3.63, 3.8) is 0 Å². The first-order chi connectivity index (χ1) is 8.23. The van der Waals surface area contributed by atoms with Gasteiger partial charge in [-0.15, -0.1) is 22.9 Å². The third kappa shape index (κ3) is 2.76. The standard InChI is InChI=1S/C13H21ClN2S/c1-3-13(4-2)5-7-16(8-6-13)12-15-11(9-14)10-17-12/h10H,3-9H2,1-2H3. The van der Waals surface area contributed by atoms with Gasteiger partial charge in [0.1, 0.15) is 0 Å². The number of thiazole rings is 1. The second kappa shape index (κ2) is 5.57. The monoisotopic (exact) mass is 272 g/mol. The molecule has 2 rings (SSSR count). The molecular formula is C13H21ClN2S. The molecule has 0 unspecified atom stereocenters. The molecule has 0 aromatic carbocycles. The Labute approximate surface area is 113 Å². The Morgan fingerprint density at radius 2 is 2.00 bits per heavy atom. The molecule has 0 N–H and O–H groups in total. The summed E-state index contributed by atoms with van der Waals surface area (Å²) in [5, 5.41) is 3.23. The molecular weight excluding hydrogens is 252 g/mol. The summed E-state index contributed by atoms with van der Waals surface area (Å²) in [5.41, 5.74) is 1.60. The van der Waals surface area contributed by atoms with Crippen molar-refractivity contribution in [1.82, 2.24) is 4.98 Å². The number of aromatic nitrogens is 1. The normalized spacial score (nSPS) is 19.6. The highest BCUT2D eigenvalue weighted by atomic mass is 35.5. The predicted molar refractivity (Wildman–Crippen MR) is 76.1 cm³/mol. The molecule has 1 aliphatic rings. The molecule has 1 fully saturated rings. The van der Waals surface area contributed by atoms with Crippen LogP contribution in [0.1, 0.15) is 45.2 Å². The Morgan fingerprint density at radius 1 is 1.35 bits per heavy atom. The molecule has 0 radical (unpaired) electrons. The number of rotatable bonds is 4. The third-order valence-corrected chi connectivity index (χ3v) is 5.50. The van der Waals surface area contributed by atoms with Gasteiger partial charge >= 0.3 is 0 Å². The van der Waals surface area contributed by atoms with Crippen LogP contribution in [0.2, 0.25) is 0 Å². The molecule has 0 bridgehead atoms. The second-order valence-electron chi connectivity index (χ2n) is 4.95. The van der Waals surface area contributed by atoms with E-state index in [2.05, 4.69) is 29.1 Å². The molecule has 0 saturated carbocycles. The minimum absolute atomic E-state index is 0.526. The summed E-state index contributed by atoms with van der Waals surface area (Å²) >= 11 is 7.52. The van der Waals surface area contributed by atoms with Crippen LogP contribution in [0.25, 0.3) is 0 Å². The van der Waals surface area contributed by atoms with Crippen LogP contribution >= 0.6 is 22.9 Å². The summed E-state index contributed by atoms with van der Waals surface area (Å²) < 4.78 is 0. The topological polar surface area (TPSA) is 16.1 Å². The van der Waals surface area contributed by atoms with Gasteiger partial charge in [-0.05, 0) is 18.3 Å². The zero-order chi connectivity index (χ0) is 12.3. The minimum atomic E-state index is 0.526. The van der Waals surface area contributed by atoms with Gasteiger partial charge in [-0.3, -0.25) is 0 Å². The lowest BCUT2D eigenvalue weighted by molar-refractivity contribution is 0.199. The average Bonchev–Trinajstić information content (AvgIpc) is 2.87. The van der Waals surface area contributed by atoms with Gasteiger partial charge in [-0.2, -0.15) is 0 Å². The predicted octanol–water partition coefficient (Wildman–Crippen LogP) is 4.29. The van der Waals surface area contributed by atoms with E-state index in [0.29, 0.717) is 11.3 Å². The van der Waals surface area contributed by atoms with Gasteiger partial charge in [0.25, 0.3) is 0 Å². The number of piperidine rings is 1. The van der Waals surface area contributed by atoms with Crippen molar-refractivity contribution in [3.05, 3.63) is 11.1 Å². The molecule has 17 heavy (non-hydrogen) atoms. The molecule has 1 aromatic rings. The van der Waals surface area contributed by atoms with E-state index in [0.717, 1.165) is 23.9 Å². The lowest BCUT2D eigenvalue weighted by atomic mass is 9.74. The Bertz CT molecular complexity index is 350. The molecule has 1 aliphatic heterocycles. The van der Waals surface area contributed by atoms with E-state index in [1.165, 1.54) is 25.7 Å². The van der Waals surface area contributed by atoms with Crippen LogP contribution in [-0.2, 0) is 5.88 Å². The number of hydrogen-bond donors (Lipinski definition) is 0.